The lowest BCUT2D eigenvalue weighted by Crippen LogP contribution is -2.50. The van der Waals surface area contributed by atoms with E-state index in [1.54, 1.807) is 18.2 Å². The highest BCUT2D eigenvalue weighted by atomic mass is 16.7. The monoisotopic (exact) mass is 589 g/mol. The van der Waals surface area contributed by atoms with E-state index in [4.69, 9.17) is 14.2 Å². The molecule has 1 fully saturated rings. The van der Waals surface area contributed by atoms with Crippen molar-refractivity contribution < 1.29 is 23.8 Å². The number of hydrogen-bond donors (Lipinski definition) is 1. The topological polar surface area (TPSA) is 80.3 Å². The Morgan fingerprint density at radius 2 is 1.77 bits per heavy atom. The average Bonchev–Trinajstić information content (AvgIpc) is 3.48. The number of hydrogen-bond acceptors (Lipinski definition) is 6. The number of nitrogens with zero attached hydrogens (tertiary/aromatic N) is 2. The normalized spacial score (nSPS) is 15.7. The van der Waals surface area contributed by atoms with Gasteiger partial charge >= 0.3 is 0 Å². The van der Waals surface area contributed by atoms with Crippen LogP contribution in [0.5, 0.6) is 11.5 Å². The fourth-order valence-electron chi connectivity index (χ4n) is 5.31. The SMILES string of the molecule is CC(C)=CCC/C(C)=C/COCC(C)Cc1ccccc1C(=O)N1CCN(CCNC(=O)c2ccc3c(c2)OCO3)CC1. The van der Waals surface area contributed by atoms with Crippen LogP contribution < -0.4 is 14.8 Å². The summed E-state index contributed by atoms with van der Waals surface area (Å²) < 4.78 is 16.6. The Labute approximate surface area is 256 Å². The molecule has 2 amide bonds. The van der Waals surface area contributed by atoms with Crippen LogP contribution in [0.2, 0.25) is 0 Å². The number of benzene rings is 2. The number of allylic oxidation sites excluding steroid dienone is 3. The second kappa shape index (κ2) is 16.3. The molecule has 8 heteroatoms. The van der Waals surface area contributed by atoms with Gasteiger partial charge in [0.2, 0.25) is 6.79 Å². The molecule has 232 valence electrons. The molecule has 0 aliphatic carbocycles. The first-order valence-corrected chi connectivity index (χ1v) is 15.4. The molecule has 2 aliphatic rings. The Hall–Kier alpha value is -3.62. The summed E-state index contributed by atoms with van der Waals surface area (Å²) in [6.07, 6.45) is 7.38. The van der Waals surface area contributed by atoms with Gasteiger partial charge in [-0.25, -0.2) is 0 Å². The van der Waals surface area contributed by atoms with Crippen molar-refractivity contribution in [1.29, 1.82) is 0 Å². The van der Waals surface area contributed by atoms with Crippen LogP contribution in [0.25, 0.3) is 0 Å². The van der Waals surface area contributed by atoms with Crippen molar-refractivity contribution in [2.24, 2.45) is 5.92 Å². The maximum atomic E-state index is 13.5. The van der Waals surface area contributed by atoms with Crippen molar-refractivity contribution >= 4 is 11.8 Å². The van der Waals surface area contributed by atoms with Gasteiger partial charge in [-0.05, 0) is 75.8 Å². The molecule has 0 saturated carbocycles. The molecular weight excluding hydrogens is 542 g/mol. The van der Waals surface area contributed by atoms with Crippen molar-refractivity contribution in [1.82, 2.24) is 15.1 Å². The molecule has 0 aromatic heterocycles. The summed E-state index contributed by atoms with van der Waals surface area (Å²) in [5.41, 5.74) is 5.12. The van der Waals surface area contributed by atoms with E-state index in [2.05, 4.69) is 56.1 Å². The second-order valence-corrected chi connectivity index (χ2v) is 11.8. The zero-order chi connectivity index (χ0) is 30.6. The van der Waals surface area contributed by atoms with Gasteiger partial charge in [-0.3, -0.25) is 14.5 Å². The molecule has 4 rings (SSSR count). The van der Waals surface area contributed by atoms with E-state index in [0.29, 0.717) is 55.8 Å². The highest BCUT2D eigenvalue weighted by molar-refractivity contribution is 5.96. The maximum Gasteiger partial charge on any atom is 0.254 e. The van der Waals surface area contributed by atoms with Crippen LogP contribution in [0.15, 0.2) is 65.8 Å². The Balaban J connectivity index is 1.17. The number of fused-ring (bicyclic) bond motifs is 1. The highest BCUT2D eigenvalue weighted by Gasteiger charge is 2.24. The minimum absolute atomic E-state index is 0.0920. The molecule has 0 spiro atoms. The van der Waals surface area contributed by atoms with Crippen molar-refractivity contribution in [3.05, 3.63) is 82.5 Å². The molecule has 2 aromatic carbocycles. The summed E-state index contributed by atoms with van der Waals surface area (Å²) >= 11 is 0. The molecule has 1 saturated heterocycles. The van der Waals surface area contributed by atoms with E-state index < -0.39 is 0 Å². The number of ether oxygens (including phenoxy) is 3. The number of amides is 2. The van der Waals surface area contributed by atoms with E-state index in [-0.39, 0.29) is 18.6 Å². The first-order chi connectivity index (χ1) is 20.8. The van der Waals surface area contributed by atoms with Crippen LogP contribution in [-0.2, 0) is 11.2 Å². The molecular formula is C35H47N3O5. The molecule has 1 N–H and O–H groups in total. The van der Waals surface area contributed by atoms with Gasteiger partial charge < -0.3 is 24.4 Å². The number of rotatable bonds is 14. The van der Waals surface area contributed by atoms with Gasteiger partial charge in [0.25, 0.3) is 11.8 Å². The van der Waals surface area contributed by atoms with Crippen molar-refractivity contribution in [2.75, 3.05) is 59.3 Å². The van der Waals surface area contributed by atoms with Crippen LogP contribution in [0.1, 0.15) is 66.8 Å². The zero-order valence-electron chi connectivity index (χ0n) is 26.2. The second-order valence-electron chi connectivity index (χ2n) is 11.8. The third kappa shape index (κ3) is 9.97. The third-order valence-electron chi connectivity index (χ3n) is 7.87. The minimum Gasteiger partial charge on any atom is -0.454 e. The fraction of sp³-hybridized carbons (Fsp3) is 0.486. The Bertz CT molecular complexity index is 1290. The van der Waals surface area contributed by atoms with E-state index in [9.17, 15) is 9.59 Å². The van der Waals surface area contributed by atoms with Gasteiger partial charge in [0.15, 0.2) is 11.5 Å². The zero-order valence-corrected chi connectivity index (χ0v) is 26.2. The van der Waals surface area contributed by atoms with Gasteiger partial charge in [-0.2, -0.15) is 0 Å². The molecule has 0 bridgehead atoms. The van der Waals surface area contributed by atoms with Crippen LogP contribution in [0.4, 0.5) is 0 Å². The summed E-state index contributed by atoms with van der Waals surface area (Å²) in [6, 6.07) is 13.2. The number of carbonyl (C=O) groups is 2. The fourth-order valence-corrected chi connectivity index (χ4v) is 5.31. The van der Waals surface area contributed by atoms with Crippen molar-refractivity contribution in [2.45, 2.75) is 47.0 Å². The quantitative estimate of drug-likeness (QED) is 0.232. The molecule has 2 aliphatic heterocycles. The number of piperazine rings is 1. The van der Waals surface area contributed by atoms with E-state index in [1.165, 1.54) is 11.1 Å². The molecule has 0 radical (unpaired) electrons. The van der Waals surface area contributed by atoms with Crippen LogP contribution in [0.3, 0.4) is 0 Å². The Morgan fingerprint density at radius 1 is 1.00 bits per heavy atom. The predicted molar refractivity (Wildman–Crippen MR) is 170 cm³/mol. The standard InChI is InChI=1S/C35H47N3O5/c1-26(2)8-7-9-27(3)14-21-41-24-28(4)22-29-10-5-6-11-31(29)35(40)38-19-17-37(18-20-38)16-15-36-34(39)30-12-13-32-33(23-30)43-25-42-32/h5-6,8,10-14,23,28H,7,9,15-22,24-25H2,1-4H3,(H,36,39)/b27-14+. The maximum absolute atomic E-state index is 13.5. The molecule has 1 unspecified atom stereocenters. The van der Waals surface area contributed by atoms with Crippen LogP contribution >= 0.6 is 0 Å². The lowest BCUT2D eigenvalue weighted by molar-refractivity contribution is 0.0636. The lowest BCUT2D eigenvalue weighted by atomic mass is 9.96. The Kier molecular flexibility index (Phi) is 12.2. The number of carbonyl (C=O) groups excluding carboxylic acids is 2. The summed E-state index contributed by atoms with van der Waals surface area (Å²) in [5.74, 6) is 1.52. The van der Waals surface area contributed by atoms with E-state index in [1.807, 2.05) is 23.1 Å². The van der Waals surface area contributed by atoms with Gasteiger partial charge in [0.05, 0.1) is 6.61 Å². The van der Waals surface area contributed by atoms with Crippen LogP contribution in [-0.4, -0.2) is 80.9 Å². The smallest absolute Gasteiger partial charge is 0.254 e. The largest absolute Gasteiger partial charge is 0.454 e. The molecule has 2 aromatic rings. The molecule has 8 nitrogen and oxygen atoms in total. The first-order valence-electron chi connectivity index (χ1n) is 15.4. The van der Waals surface area contributed by atoms with Crippen molar-refractivity contribution in [3.63, 3.8) is 0 Å². The summed E-state index contributed by atoms with van der Waals surface area (Å²) in [4.78, 5) is 30.3. The first kappa shape index (κ1) is 32.3. The lowest BCUT2D eigenvalue weighted by Gasteiger charge is -2.35. The Morgan fingerprint density at radius 3 is 2.56 bits per heavy atom. The van der Waals surface area contributed by atoms with E-state index >= 15 is 0 Å². The van der Waals surface area contributed by atoms with E-state index in [0.717, 1.165) is 50.0 Å². The highest BCUT2D eigenvalue weighted by Crippen LogP contribution is 2.32. The minimum atomic E-state index is -0.134. The summed E-state index contributed by atoms with van der Waals surface area (Å²) in [6.45, 7) is 14.2. The van der Waals surface area contributed by atoms with Gasteiger partial charge in [-0.15, -0.1) is 0 Å². The summed E-state index contributed by atoms with van der Waals surface area (Å²) in [5, 5.41) is 2.99. The van der Waals surface area contributed by atoms with Crippen molar-refractivity contribution in [3.8, 4) is 11.5 Å². The summed E-state index contributed by atoms with van der Waals surface area (Å²) in [7, 11) is 0. The van der Waals surface area contributed by atoms with Gasteiger partial charge in [0, 0.05) is 57.0 Å². The number of nitrogens with one attached hydrogen (secondary N) is 1. The van der Waals surface area contributed by atoms with Crippen LogP contribution in [0, 0.1) is 5.92 Å². The molecule has 1 atom stereocenters. The third-order valence-corrected chi connectivity index (χ3v) is 7.87. The van der Waals surface area contributed by atoms with Gasteiger partial charge in [-0.1, -0.05) is 48.4 Å². The molecule has 2 heterocycles. The predicted octanol–water partition coefficient (Wildman–Crippen LogP) is 5.49. The average molecular weight is 590 g/mol. The molecule has 43 heavy (non-hydrogen) atoms. The van der Waals surface area contributed by atoms with Gasteiger partial charge in [0.1, 0.15) is 0 Å².